The monoisotopic (exact) mass is 275 g/mol. The Bertz CT molecular complexity index is 451. The summed E-state index contributed by atoms with van der Waals surface area (Å²) < 4.78 is 0. The lowest BCUT2D eigenvalue weighted by Gasteiger charge is -2.32. The van der Waals surface area contributed by atoms with E-state index in [-0.39, 0.29) is 5.91 Å². The summed E-state index contributed by atoms with van der Waals surface area (Å²) >= 11 is 0. The second-order valence-corrected chi connectivity index (χ2v) is 6.21. The topological polar surface area (TPSA) is 45.2 Å². The van der Waals surface area contributed by atoms with Crippen molar-refractivity contribution in [3.63, 3.8) is 0 Å². The first-order chi connectivity index (χ1) is 9.56. The fourth-order valence-electron chi connectivity index (χ4n) is 2.39. The van der Waals surface area contributed by atoms with Gasteiger partial charge in [-0.15, -0.1) is 0 Å². The van der Waals surface area contributed by atoms with E-state index in [2.05, 4.69) is 36.0 Å². The van der Waals surface area contributed by atoms with Gasteiger partial charge in [-0.2, -0.15) is 0 Å². The number of hydrogen-bond donors (Lipinski definition) is 1. The SMILES string of the molecule is CC(C)CNC(=O)c1cncc(N2CCC(C)CC2)c1. The molecule has 0 atom stereocenters. The van der Waals surface area contributed by atoms with Crippen molar-refractivity contribution in [3.05, 3.63) is 24.0 Å². The van der Waals surface area contributed by atoms with Gasteiger partial charge in [-0.25, -0.2) is 0 Å². The lowest BCUT2D eigenvalue weighted by atomic mass is 9.99. The van der Waals surface area contributed by atoms with Crippen molar-refractivity contribution in [1.82, 2.24) is 10.3 Å². The summed E-state index contributed by atoms with van der Waals surface area (Å²) in [4.78, 5) is 18.6. The molecule has 0 aromatic carbocycles. The Morgan fingerprint density at radius 2 is 2.10 bits per heavy atom. The molecule has 1 aliphatic rings. The Hall–Kier alpha value is -1.58. The summed E-state index contributed by atoms with van der Waals surface area (Å²) in [5, 5.41) is 2.94. The van der Waals surface area contributed by atoms with Gasteiger partial charge >= 0.3 is 0 Å². The fourth-order valence-corrected chi connectivity index (χ4v) is 2.39. The van der Waals surface area contributed by atoms with Crippen LogP contribution in [0.25, 0.3) is 0 Å². The van der Waals surface area contributed by atoms with E-state index in [1.54, 1.807) is 6.20 Å². The zero-order chi connectivity index (χ0) is 14.5. The van der Waals surface area contributed by atoms with E-state index >= 15 is 0 Å². The second-order valence-electron chi connectivity index (χ2n) is 6.21. The van der Waals surface area contributed by atoms with Gasteiger partial charge in [0.1, 0.15) is 0 Å². The van der Waals surface area contributed by atoms with Crippen molar-refractivity contribution in [2.75, 3.05) is 24.5 Å². The minimum Gasteiger partial charge on any atom is -0.370 e. The van der Waals surface area contributed by atoms with E-state index < -0.39 is 0 Å². The molecule has 2 heterocycles. The maximum Gasteiger partial charge on any atom is 0.252 e. The number of anilines is 1. The third-order valence-corrected chi connectivity index (χ3v) is 3.81. The number of nitrogens with one attached hydrogen (secondary N) is 1. The molecule has 1 fully saturated rings. The van der Waals surface area contributed by atoms with Crippen LogP contribution < -0.4 is 10.2 Å². The standard InChI is InChI=1S/C16H25N3O/c1-12(2)9-18-16(20)14-8-15(11-17-10-14)19-6-4-13(3)5-7-19/h8,10-13H,4-7,9H2,1-3H3,(H,18,20). The zero-order valence-electron chi connectivity index (χ0n) is 12.7. The summed E-state index contributed by atoms with van der Waals surface area (Å²) in [5.41, 5.74) is 1.72. The van der Waals surface area contributed by atoms with Crippen LogP contribution in [0.1, 0.15) is 44.0 Å². The lowest BCUT2D eigenvalue weighted by Crippen LogP contribution is -2.33. The number of carbonyl (C=O) groups is 1. The third-order valence-electron chi connectivity index (χ3n) is 3.81. The van der Waals surface area contributed by atoms with Crippen LogP contribution >= 0.6 is 0 Å². The van der Waals surface area contributed by atoms with Crippen LogP contribution in [0.5, 0.6) is 0 Å². The number of nitrogens with zero attached hydrogens (tertiary/aromatic N) is 2. The summed E-state index contributed by atoms with van der Waals surface area (Å²) in [6.45, 7) is 9.28. The number of hydrogen-bond acceptors (Lipinski definition) is 3. The molecule has 0 saturated carbocycles. The summed E-state index contributed by atoms with van der Waals surface area (Å²) in [6.07, 6.45) is 5.93. The quantitative estimate of drug-likeness (QED) is 0.919. The van der Waals surface area contributed by atoms with Gasteiger partial charge in [-0.05, 0) is 30.7 Å². The normalized spacial score (nSPS) is 16.5. The molecule has 0 bridgehead atoms. The molecular formula is C16H25N3O. The second kappa shape index (κ2) is 6.73. The molecule has 1 aromatic rings. The van der Waals surface area contributed by atoms with Crippen LogP contribution in [0.15, 0.2) is 18.5 Å². The Morgan fingerprint density at radius 3 is 2.75 bits per heavy atom. The van der Waals surface area contributed by atoms with E-state index in [4.69, 9.17) is 0 Å². The van der Waals surface area contributed by atoms with E-state index in [0.717, 1.165) is 24.7 Å². The van der Waals surface area contributed by atoms with Crippen LogP contribution in [-0.4, -0.2) is 30.5 Å². The van der Waals surface area contributed by atoms with Crippen molar-refractivity contribution in [3.8, 4) is 0 Å². The maximum absolute atomic E-state index is 12.1. The minimum atomic E-state index is -0.0292. The molecule has 0 aliphatic carbocycles. The predicted octanol–water partition coefficient (Wildman–Crippen LogP) is 2.70. The van der Waals surface area contributed by atoms with Crippen molar-refractivity contribution >= 4 is 11.6 Å². The molecule has 1 aliphatic heterocycles. The largest absolute Gasteiger partial charge is 0.370 e. The number of rotatable bonds is 4. The van der Waals surface area contributed by atoms with Crippen LogP contribution in [0.3, 0.4) is 0 Å². The third kappa shape index (κ3) is 3.95. The van der Waals surface area contributed by atoms with Crippen molar-refractivity contribution in [2.24, 2.45) is 11.8 Å². The van der Waals surface area contributed by atoms with Gasteiger partial charge < -0.3 is 10.2 Å². The van der Waals surface area contributed by atoms with Gasteiger partial charge in [-0.1, -0.05) is 20.8 Å². The molecule has 0 unspecified atom stereocenters. The molecule has 2 rings (SSSR count). The highest BCUT2D eigenvalue weighted by Gasteiger charge is 2.17. The van der Waals surface area contributed by atoms with Gasteiger partial charge in [0.2, 0.25) is 0 Å². The molecule has 4 heteroatoms. The number of aromatic nitrogens is 1. The molecule has 110 valence electrons. The van der Waals surface area contributed by atoms with Gasteiger partial charge in [-0.3, -0.25) is 9.78 Å². The van der Waals surface area contributed by atoms with Crippen LogP contribution in [0.2, 0.25) is 0 Å². The number of piperidine rings is 1. The molecule has 0 spiro atoms. The molecule has 1 saturated heterocycles. The number of amides is 1. The Labute approximate surface area is 121 Å². The molecule has 20 heavy (non-hydrogen) atoms. The Balaban J connectivity index is 2.02. The van der Waals surface area contributed by atoms with E-state index in [0.29, 0.717) is 18.0 Å². The highest BCUT2D eigenvalue weighted by molar-refractivity contribution is 5.94. The fraction of sp³-hybridized carbons (Fsp3) is 0.625. The summed E-state index contributed by atoms with van der Waals surface area (Å²) in [5.74, 6) is 1.23. The maximum atomic E-state index is 12.1. The van der Waals surface area contributed by atoms with Gasteiger partial charge in [0.15, 0.2) is 0 Å². The molecule has 1 amide bonds. The molecule has 1 N–H and O–H groups in total. The number of pyridine rings is 1. The molecular weight excluding hydrogens is 250 g/mol. The first-order valence-electron chi connectivity index (χ1n) is 7.54. The van der Waals surface area contributed by atoms with Crippen LogP contribution in [0.4, 0.5) is 5.69 Å². The van der Waals surface area contributed by atoms with Crippen LogP contribution in [-0.2, 0) is 0 Å². The van der Waals surface area contributed by atoms with Gasteiger partial charge in [0.05, 0.1) is 17.4 Å². The molecule has 4 nitrogen and oxygen atoms in total. The average molecular weight is 275 g/mol. The molecule has 1 aromatic heterocycles. The average Bonchev–Trinajstić information content (AvgIpc) is 2.45. The smallest absolute Gasteiger partial charge is 0.252 e. The van der Waals surface area contributed by atoms with Gasteiger partial charge in [0, 0.05) is 25.8 Å². The van der Waals surface area contributed by atoms with Crippen LogP contribution in [0, 0.1) is 11.8 Å². The summed E-state index contributed by atoms with van der Waals surface area (Å²) in [6, 6.07) is 1.96. The van der Waals surface area contributed by atoms with Crippen molar-refractivity contribution < 1.29 is 4.79 Å². The lowest BCUT2D eigenvalue weighted by molar-refractivity contribution is 0.0948. The highest BCUT2D eigenvalue weighted by atomic mass is 16.1. The molecule has 0 radical (unpaired) electrons. The minimum absolute atomic E-state index is 0.0292. The van der Waals surface area contributed by atoms with Crippen molar-refractivity contribution in [2.45, 2.75) is 33.6 Å². The van der Waals surface area contributed by atoms with Crippen molar-refractivity contribution in [1.29, 1.82) is 0 Å². The van der Waals surface area contributed by atoms with E-state index in [1.165, 1.54) is 12.8 Å². The van der Waals surface area contributed by atoms with E-state index in [1.807, 2.05) is 12.3 Å². The highest BCUT2D eigenvalue weighted by Crippen LogP contribution is 2.22. The number of carbonyl (C=O) groups excluding carboxylic acids is 1. The van der Waals surface area contributed by atoms with E-state index in [9.17, 15) is 4.79 Å². The Kier molecular flexibility index (Phi) is 4.99. The first-order valence-corrected chi connectivity index (χ1v) is 7.54. The Morgan fingerprint density at radius 1 is 1.40 bits per heavy atom. The van der Waals surface area contributed by atoms with Gasteiger partial charge in [0.25, 0.3) is 5.91 Å². The summed E-state index contributed by atoms with van der Waals surface area (Å²) in [7, 11) is 0. The first kappa shape index (κ1) is 14.8. The zero-order valence-corrected chi connectivity index (χ0v) is 12.7. The predicted molar refractivity (Wildman–Crippen MR) is 82.0 cm³/mol.